The fourth-order valence-corrected chi connectivity index (χ4v) is 1.30. The van der Waals surface area contributed by atoms with Crippen molar-refractivity contribution in [2.75, 3.05) is 0 Å². The van der Waals surface area contributed by atoms with Gasteiger partial charge in [0.25, 0.3) is 0 Å². The van der Waals surface area contributed by atoms with E-state index in [1.807, 2.05) is 18.2 Å². The molecule has 78 valence electrons. The number of benzene rings is 1. The second-order valence-corrected chi connectivity index (χ2v) is 3.89. The second kappa shape index (κ2) is 5.82. The van der Waals surface area contributed by atoms with E-state index in [0.29, 0.717) is 12.0 Å². The molecule has 0 aliphatic carbocycles. The summed E-state index contributed by atoms with van der Waals surface area (Å²) >= 11 is 0. The largest absolute Gasteiger partial charge is 0.374 e. The van der Waals surface area contributed by atoms with Crippen molar-refractivity contribution in [1.29, 1.82) is 0 Å². The molecule has 2 atom stereocenters. The van der Waals surface area contributed by atoms with Gasteiger partial charge in [-0.25, -0.2) is 0 Å². The predicted octanol–water partition coefficient (Wildman–Crippen LogP) is 3.64. The zero-order valence-electron chi connectivity index (χ0n) is 9.36. The zero-order valence-corrected chi connectivity index (χ0v) is 9.36. The number of rotatable bonds is 5. The molecule has 0 heterocycles. The molecule has 1 aromatic carbocycles. The summed E-state index contributed by atoms with van der Waals surface area (Å²) in [6.45, 7) is 7.31. The van der Waals surface area contributed by atoms with E-state index in [1.165, 1.54) is 12.0 Å². The Morgan fingerprint density at radius 3 is 2.36 bits per heavy atom. The van der Waals surface area contributed by atoms with E-state index in [-0.39, 0.29) is 0 Å². The first-order valence-corrected chi connectivity index (χ1v) is 5.39. The van der Waals surface area contributed by atoms with E-state index in [0.717, 1.165) is 6.61 Å². The van der Waals surface area contributed by atoms with Crippen LogP contribution in [0.2, 0.25) is 0 Å². The summed E-state index contributed by atoms with van der Waals surface area (Å²) in [5, 5.41) is 0. The van der Waals surface area contributed by atoms with Crippen molar-refractivity contribution in [3.8, 4) is 0 Å². The highest BCUT2D eigenvalue weighted by Gasteiger charge is 2.09. The Morgan fingerprint density at radius 1 is 1.14 bits per heavy atom. The Hall–Kier alpha value is -0.820. The Labute approximate surface area is 87.1 Å². The molecule has 0 unspecified atom stereocenters. The van der Waals surface area contributed by atoms with Gasteiger partial charge in [0, 0.05) is 0 Å². The Morgan fingerprint density at radius 2 is 1.79 bits per heavy atom. The molecule has 0 fully saturated rings. The van der Waals surface area contributed by atoms with Crippen LogP contribution in [0.4, 0.5) is 0 Å². The van der Waals surface area contributed by atoms with E-state index in [2.05, 4.69) is 32.9 Å². The van der Waals surface area contributed by atoms with Crippen LogP contribution in [0.25, 0.3) is 0 Å². The van der Waals surface area contributed by atoms with Gasteiger partial charge in [-0.3, -0.25) is 0 Å². The molecule has 0 amide bonds. The summed E-state index contributed by atoms with van der Waals surface area (Å²) < 4.78 is 5.78. The van der Waals surface area contributed by atoms with Gasteiger partial charge in [0.05, 0.1) is 12.7 Å². The molecule has 0 N–H and O–H groups in total. The quantitative estimate of drug-likeness (QED) is 0.692. The van der Waals surface area contributed by atoms with Crippen molar-refractivity contribution in [2.24, 2.45) is 5.92 Å². The zero-order chi connectivity index (χ0) is 10.4. The Kier molecular flexibility index (Phi) is 4.68. The first-order chi connectivity index (χ1) is 6.74. The maximum Gasteiger partial charge on any atom is 0.0720 e. The number of hydrogen-bond acceptors (Lipinski definition) is 1. The number of hydrogen-bond donors (Lipinski definition) is 0. The summed E-state index contributed by atoms with van der Waals surface area (Å²) in [7, 11) is 0. The van der Waals surface area contributed by atoms with Crippen LogP contribution < -0.4 is 0 Å². The third-order valence-corrected chi connectivity index (χ3v) is 2.80. The molecule has 1 rings (SSSR count). The maximum atomic E-state index is 5.78. The molecule has 0 saturated heterocycles. The lowest BCUT2D eigenvalue weighted by Crippen LogP contribution is -2.17. The summed E-state index contributed by atoms with van der Waals surface area (Å²) in [6.07, 6.45) is 1.52. The average Bonchev–Trinajstić information content (AvgIpc) is 2.26. The van der Waals surface area contributed by atoms with Crippen LogP contribution in [0.5, 0.6) is 0 Å². The smallest absolute Gasteiger partial charge is 0.0720 e. The van der Waals surface area contributed by atoms with Gasteiger partial charge < -0.3 is 4.74 Å². The summed E-state index contributed by atoms with van der Waals surface area (Å²) in [4.78, 5) is 0. The van der Waals surface area contributed by atoms with Gasteiger partial charge in [-0.1, -0.05) is 50.6 Å². The van der Waals surface area contributed by atoms with Crippen LogP contribution in [0.1, 0.15) is 32.8 Å². The molecule has 0 aromatic heterocycles. The molecule has 14 heavy (non-hydrogen) atoms. The lowest BCUT2D eigenvalue weighted by molar-refractivity contribution is 0.0174. The van der Waals surface area contributed by atoms with E-state index in [9.17, 15) is 0 Å². The van der Waals surface area contributed by atoms with Crippen molar-refractivity contribution in [3.05, 3.63) is 35.9 Å². The summed E-state index contributed by atoms with van der Waals surface area (Å²) in [5.74, 6) is 0.638. The third-order valence-electron chi connectivity index (χ3n) is 2.80. The standard InChI is InChI=1S/C13H20O/c1-4-11(2)12(3)14-10-13-8-6-5-7-9-13/h5-9,11-12H,4,10H2,1-3H3/t11-,12-/m0/s1. The fourth-order valence-electron chi connectivity index (χ4n) is 1.30. The van der Waals surface area contributed by atoms with Gasteiger partial charge in [-0.05, 0) is 18.4 Å². The van der Waals surface area contributed by atoms with E-state index >= 15 is 0 Å². The Bertz CT molecular complexity index is 243. The minimum atomic E-state index is 0.347. The van der Waals surface area contributed by atoms with Crippen LogP contribution in [0, 0.1) is 5.92 Å². The molecular weight excluding hydrogens is 172 g/mol. The van der Waals surface area contributed by atoms with Gasteiger partial charge >= 0.3 is 0 Å². The highest BCUT2D eigenvalue weighted by Crippen LogP contribution is 2.12. The van der Waals surface area contributed by atoms with Gasteiger partial charge in [-0.2, -0.15) is 0 Å². The molecule has 1 nitrogen and oxygen atoms in total. The summed E-state index contributed by atoms with van der Waals surface area (Å²) in [5.41, 5.74) is 1.25. The van der Waals surface area contributed by atoms with Crippen molar-refractivity contribution >= 4 is 0 Å². The van der Waals surface area contributed by atoms with Crippen LogP contribution in [0.15, 0.2) is 30.3 Å². The maximum absolute atomic E-state index is 5.78. The van der Waals surface area contributed by atoms with Crippen LogP contribution in [-0.4, -0.2) is 6.10 Å². The van der Waals surface area contributed by atoms with Gasteiger partial charge in [0.2, 0.25) is 0 Å². The molecule has 0 saturated carbocycles. The van der Waals surface area contributed by atoms with Crippen LogP contribution in [0.3, 0.4) is 0 Å². The summed E-state index contributed by atoms with van der Waals surface area (Å²) in [6, 6.07) is 10.3. The molecule has 0 aliphatic heterocycles. The SMILES string of the molecule is CC[C@H](C)[C@H](C)OCc1ccccc1. The monoisotopic (exact) mass is 192 g/mol. The molecule has 0 aliphatic rings. The minimum Gasteiger partial charge on any atom is -0.374 e. The van der Waals surface area contributed by atoms with Gasteiger partial charge in [0.1, 0.15) is 0 Å². The second-order valence-electron chi connectivity index (χ2n) is 3.89. The molecule has 0 radical (unpaired) electrons. The normalized spacial score (nSPS) is 15.1. The van der Waals surface area contributed by atoms with E-state index in [4.69, 9.17) is 4.74 Å². The fraction of sp³-hybridized carbons (Fsp3) is 0.538. The molecule has 1 heteroatoms. The average molecular weight is 192 g/mol. The van der Waals surface area contributed by atoms with Crippen LogP contribution >= 0.6 is 0 Å². The highest BCUT2D eigenvalue weighted by atomic mass is 16.5. The topological polar surface area (TPSA) is 9.23 Å². The van der Waals surface area contributed by atoms with E-state index in [1.54, 1.807) is 0 Å². The van der Waals surface area contributed by atoms with Crippen LogP contribution in [-0.2, 0) is 11.3 Å². The van der Waals surface area contributed by atoms with Crippen molar-refractivity contribution in [1.82, 2.24) is 0 Å². The third kappa shape index (κ3) is 3.51. The molecular formula is C13H20O. The number of ether oxygens (including phenoxy) is 1. The van der Waals surface area contributed by atoms with Crippen molar-refractivity contribution in [3.63, 3.8) is 0 Å². The van der Waals surface area contributed by atoms with Gasteiger partial charge in [-0.15, -0.1) is 0 Å². The predicted molar refractivity (Wildman–Crippen MR) is 60.1 cm³/mol. The lowest BCUT2D eigenvalue weighted by Gasteiger charge is -2.18. The molecule has 0 spiro atoms. The lowest BCUT2D eigenvalue weighted by atomic mass is 10.0. The molecule has 1 aromatic rings. The van der Waals surface area contributed by atoms with Gasteiger partial charge in [0.15, 0.2) is 0 Å². The van der Waals surface area contributed by atoms with Crippen molar-refractivity contribution in [2.45, 2.75) is 39.9 Å². The minimum absolute atomic E-state index is 0.347. The first kappa shape index (κ1) is 11.3. The molecule has 0 bridgehead atoms. The Balaban J connectivity index is 2.34. The highest BCUT2D eigenvalue weighted by molar-refractivity contribution is 5.13. The van der Waals surface area contributed by atoms with Crippen molar-refractivity contribution < 1.29 is 4.74 Å². The van der Waals surface area contributed by atoms with E-state index < -0.39 is 0 Å². The first-order valence-electron chi connectivity index (χ1n) is 5.39.